The van der Waals surface area contributed by atoms with Gasteiger partial charge in [-0.25, -0.2) is 4.79 Å². The molecule has 0 atom stereocenters. The Labute approximate surface area is 101 Å². The normalized spacial score (nSPS) is 9.59. The van der Waals surface area contributed by atoms with E-state index in [-0.39, 0.29) is 0 Å². The van der Waals surface area contributed by atoms with Crippen LogP contribution in [0.25, 0.3) is 10.1 Å². The second-order valence-corrected chi connectivity index (χ2v) is 4.19. The maximum atomic E-state index is 11.6. The van der Waals surface area contributed by atoms with Crippen molar-refractivity contribution < 1.29 is 14.3 Å². The lowest BCUT2D eigenvalue weighted by Crippen LogP contribution is -2.29. The minimum absolute atomic E-state index is 0.431. The number of hydrogen-bond acceptors (Lipinski definition) is 4. The molecular formula is C12H7NO3S. The predicted molar refractivity (Wildman–Crippen MR) is 64.6 cm³/mol. The summed E-state index contributed by atoms with van der Waals surface area (Å²) in [5.41, 5.74) is 0. The Morgan fingerprint density at radius 1 is 1.35 bits per heavy atom. The standard InChI is InChI=1S/C12H7NO3S/c1-2-16-12(15)13-11(14)10-7-8-5-3-4-6-9(8)17-10/h1,3-7H,(H,13,14,15). The molecule has 5 heteroatoms. The van der Waals surface area contributed by atoms with E-state index in [0.29, 0.717) is 4.88 Å². The van der Waals surface area contributed by atoms with Crippen LogP contribution in [0.5, 0.6) is 0 Å². The average Bonchev–Trinajstić information content (AvgIpc) is 2.72. The number of benzene rings is 1. The summed E-state index contributed by atoms with van der Waals surface area (Å²) in [5, 5.41) is 2.98. The number of nitrogens with one attached hydrogen (secondary N) is 1. The van der Waals surface area contributed by atoms with Gasteiger partial charge in [-0.15, -0.1) is 11.3 Å². The van der Waals surface area contributed by atoms with E-state index in [0.717, 1.165) is 10.1 Å². The topological polar surface area (TPSA) is 55.4 Å². The summed E-state index contributed by atoms with van der Waals surface area (Å²) in [6.45, 7) is 0. The first-order valence-electron chi connectivity index (χ1n) is 4.67. The van der Waals surface area contributed by atoms with Gasteiger partial charge in [0, 0.05) is 4.70 Å². The maximum Gasteiger partial charge on any atom is 0.428 e. The molecule has 0 fully saturated rings. The van der Waals surface area contributed by atoms with E-state index in [1.165, 1.54) is 11.3 Å². The molecule has 4 nitrogen and oxygen atoms in total. The quantitative estimate of drug-likeness (QED) is 0.785. The highest BCUT2D eigenvalue weighted by atomic mass is 32.1. The van der Waals surface area contributed by atoms with Crippen LogP contribution in [-0.2, 0) is 4.74 Å². The molecule has 2 aromatic rings. The van der Waals surface area contributed by atoms with Crippen LogP contribution in [-0.4, -0.2) is 12.0 Å². The van der Waals surface area contributed by atoms with Crippen LogP contribution in [0.2, 0.25) is 0 Å². The van der Waals surface area contributed by atoms with Crippen molar-refractivity contribution in [1.29, 1.82) is 0 Å². The Morgan fingerprint density at radius 2 is 2.12 bits per heavy atom. The highest BCUT2D eigenvalue weighted by Crippen LogP contribution is 2.24. The lowest BCUT2D eigenvalue weighted by molar-refractivity contribution is 0.0951. The second-order valence-electron chi connectivity index (χ2n) is 3.11. The Hall–Kier alpha value is -2.32. The number of amides is 2. The molecule has 1 aromatic carbocycles. The smallest absolute Gasteiger partial charge is 0.356 e. The fourth-order valence-electron chi connectivity index (χ4n) is 1.33. The molecule has 0 aliphatic heterocycles. The van der Waals surface area contributed by atoms with Gasteiger partial charge in [0.15, 0.2) is 0 Å². The van der Waals surface area contributed by atoms with Gasteiger partial charge >= 0.3 is 6.09 Å². The van der Waals surface area contributed by atoms with Crippen molar-refractivity contribution >= 4 is 33.4 Å². The number of rotatable bonds is 1. The highest BCUT2D eigenvalue weighted by Gasteiger charge is 2.13. The number of thiophene rings is 1. The van der Waals surface area contributed by atoms with Gasteiger partial charge in [0.25, 0.3) is 5.91 Å². The van der Waals surface area contributed by atoms with Crippen molar-refractivity contribution in [2.45, 2.75) is 0 Å². The summed E-state index contributed by atoms with van der Waals surface area (Å²) >= 11 is 1.29. The van der Waals surface area contributed by atoms with Gasteiger partial charge in [-0.05, 0) is 17.5 Å². The third-order valence-corrected chi connectivity index (χ3v) is 3.13. The fraction of sp³-hybridized carbons (Fsp3) is 0. The average molecular weight is 245 g/mol. The molecule has 0 unspecified atom stereocenters. The third-order valence-electron chi connectivity index (χ3n) is 2.02. The van der Waals surface area contributed by atoms with Crippen molar-refractivity contribution in [3.63, 3.8) is 0 Å². The Bertz CT molecular complexity index is 591. The zero-order valence-electron chi connectivity index (χ0n) is 8.60. The summed E-state index contributed by atoms with van der Waals surface area (Å²) in [7, 11) is 0. The molecule has 0 radical (unpaired) electrons. The van der Waals surface area contributed by atoms with Crippen LogP contribution >= 0.6 is 11.3 Å². The molecule has 0 aliphatic rings. The van der Waals surface area contributed by atoms with Crippen LogP contribution in [0, 0.1) is 12.5 Å². The van der Waals surface area contributed by atoms with Gasteiger partial charge in [-0.3, -0.25) is 10.1 Å². The summed E-state index contributed by atoms with van der Waals surface area (Å²) in [6.07, 6.45) is 5.50. The summed E-state index contributed by atoms with van der Waals surface area (Å²) in [6, 6.07) is 9.26. The van der Waals surface area contributed by atoms with Gasteiger partial charge < -0.3 is 4.74 Å². The minimum atomic E-state index is -0.949. The molecule has 0 bridgehead atoms. The van der Waals surface area contributed by atoms with Gasteiger partial charge in [0.05, 0.1) is 4.88 Å². The van der Waals surface area contributed by atoms with E-state index in [1.54, 1.807) is 12.2 Å². The van der Waals surface area contributed by atoms with Crippen LogP contribution < -0.4 is 5.32 Å². The molecule has 2 rings (SSSR count). The first kappa shape index (κ1) is 11.2. The predicted octanol–water partition coefficient (Wildman–Crippen LogP) is 2.36. The molecule has 1 aromatic heterocycles. The molecule has 0 saturated carbocycles. The summed E-state index contributed by atoms with van der Waals surface area (Å²) < 4.78 is 5.14. The summed E-state index contributed by atoms with van der Waals surface area (Å²) in [5.74, 6) is -0.522. The molecule has 0 spiro atoms. The zero-order valence-corrected chi connectivity index (χ0v) is 9.41. The van der Waals surface area contributed by atoms with E-state index in [9.17, 15) is 9.59 Å². The van der Waals surface area contributed by atoms with Crippen LogP contribution in [0.4, 0.5) is 4.79 Å². The van der Waals surface area contributed by atoms with E-state index in [2.05, 4.69) is 4.74 Å². The SMILES string of the molecule is C#COC(=O)NC(=O)c1cc2ccccc2s1. The molecule has 1 N–H and O–H groups in total. The van der Waals surface area contributed by atoms with E-state index >= 15 is 0 Å². The number of ether oxygens (including phenoxy) is 1. The van der Waals surface area contributed by atoms with Crippen molar-refractivity contribution in [1.82, 2.24) is 5.32 Å². The van der Waals surface area contributed by atoms with E-state index in [4.69, 9.17) is 6.42 Å². The number of hydrogen-bond donors (Lipinski definition) is 1. The molecule has 84 valence electrons. The number of alkyl carbamates (subject to hydrolysis) is 1. The first-order chi connectivity index (χ1) is 8.20. The van der Waals surface area contributed by atoms with Crippen molar-refractivity contribution in [2.75, 3.05) is 0 Å². The number of fused-ring (bicyclic) bond motifs is 1. The lowest BCUT2D eigenvalue weighted by Gasteiger charge is -1.97. The van der Waals surface area contributed by atoms with Crippen molar-refractivity contribution in [3.05, 3.63) is 35.2 Å². The second kappa shape index (κ2) is 4.68. The Morgan fingerprint density at radius 3 is 2.82 bits per heavy atom. The van der Waals surface area contributed by atoms with Gasteiger partial charge in [0.1, 0.15) is 6.11 Å². The maximum absolute atomic E-state index is 11.6. The largest absolute Gasteiger partial charge is 0.428 e. The molecular weight excluding hydrogens is 238 g/mol. The van der Waals surface area contributed by atoms with Crippen molar-refractivity contribution in [3.8, 4) is 12.5 Å². The lowest BCUT2D eigenvalue weighted by atomic mass is 10.2. The van der Waals surface area contributed by atoms with Gasteiger partial charge in [-0.1, -0.05) is 24.6 Å². The monoisotopic (exact) mass is 245 g/mol. The van der Waals surface area contributed by atoms with Crippen LogP contribution in [0.1, 0.15) is 9.67 Å². The number of terminal acetylenes is 1. The highest BCUT2D eigenvalue weighted by molar-refractivity contribution is 7.20. The fourth-order valence-corrected chi connectivity index (χ4v) is 2.29. The third kappa shape index (κ3) is 2.44. The molecule has 1 heterocycles. The Balaban J connectivity index is 2.20. The van der Waals surface area contributed by atoms with Crippen molar-refractivity contribution in [2.24, 2.45) is 0 Å². The number of carbonyl (C=O) groups is 2. The Kier molecular flexibility index (Phi) is 3.08. The zero-order chi connectivity index (χ0) is 12.3. The van der Waals surface area contributed by atoms with E-state index in [1.807, 2.05) is 29.6 Å². The molecule has 17 heavy (non-hydrogen) atoms. The molecule has 0 aliphatic carbocycles. The van der Waals surface area contributed by atoms with Crippen LogP contribution in [0.15, 0.2) is 30.3 Å². The van der Waals surface area contributed by atoms with E-state index < -0.39 is 12.0 Å². The molecule has 2 amide bonds. The number of carbonyl (C=O) groups excluding carboxylic acids is 2. The van der Waals surface area contributed by atoms with Crippen LogP contribution in [0.3, 0.4) is 0 Å². The summed E-state index contributed by atoms with van der Waals surface area (Å²) in [4.78, 5) is 23.0. The first-order valence-corrected chi connectivity index (χ1v) is 5.48. The molecule has 0 saturated heterocycles. The minimum Gasteiger partial charge on any atom is -0.356 e. The number of imide groups is 1. The van der Waals surface area contributed by atoms with Gasteiger partial charge in [0.2, 0.25) is 0 Å². The van der Waals surface area contributed by atoms with Gasteiger partial charge in [-0.2, -0.15) is 0 Å².